The van der Waals surface area contributed by atoms with Crippen molar-refractivity contribution >= 4 is 43.6 Å². The van der Waals surface area contributed by atoms with Crippen molar-refractivity contribution in [3.05, 3.63) is 169 Å². The number of halogens is 3. The fourth-order valence-corrected chi connectivity index (χ4v) is 8.19. The summed E-state index contributed by atoms with van der Waals surface area (Å²) in [7, 11) is 0. The van der Waals surface area contributed by atoms with E-state index < -0.39 is 11.7 Å². The van der Waals surface area contributed by atoms with Crippen LogP contribution in [0.5, 0.6) is 0 Å². The van der Waals surface area contributed by atoms with Crippen molar-refractivity contribution in [3.63, 3.8) is 0 Å². The van der Waals surface area contributed by atoms with Crippen LogP contribution in [0.15, 0.2) is 152 Å². The first-order chi connectivity index (χ1) is 27.8. The number of aromatic nitrogens is 6. The van der Waals surface area contributed by atoms with Gasteiger partial charge in [0.1, 0.15) is 11.6 Å². The number of hydrogen-bond donors (Lipinski definition) is 0. The molecule has 0 unspecified atom stereocenters. The second-order valence-electron chi connectivity index (χ2n) is 13.8. The largest absolute Gasteiger partial charge is 0.417 e. The van der Waals surface area contributed by atoms with Gasteiger partial charge in [-0.2, -0.15) is 18.4 Å². The Balaban J connectivity index is 1.38. The lowest BCUT2D eigenvalue weighted by Crippen LogP contribution is -2.11. The van der Waals surface area contributed by atoms with E-state index in [2.05, 4.69) is 26.0 Å². The van der Waals surface area contributed by atoms with Crippen LogP contribution in [0.25, 0.3) is 88.9 Å². The second kappa shape index (κ2) is 13.0. The molecule has 4 heterocycles. The fraction of sp³-hybridized carbons (Fsp3) is 0.0426. The molecule has 0 aliphatic carbocycles. The Bertz CT molecular complexity index is 3250. The van der Waals surface area contributed by atoms with Crippen molar-refractivity contribution in [2.75, 3.05) is 0 Å². The van der Waals surface area contributed by atoms with E-state index in [0.29, 0.717) is 39.7 Å². The Hall–Kier alpha value is -7.64. The highest BCUT2D eigenvalue weighted by atomic mass is 19.4. The minimum atomic E-state index is -4.68. The van der Waals surface area contributed by atoms with Gasteiger partial charge in [0.15, 0.2) is 11.6 Å². The summed E-state index contributed by atoms with van der Waals surface area (Å²) in [6, 6.07) is 41.1. The van der Waals surface area contributed by atoms with Gasteiger partial charge in [-0.1, -0.05) is 78.9 Å². The fourth-order valence-electron chi connectivity index (χ4n) is 8.19. The molecule has 0 fully saturated rings. The van der Waals surface area contributed by atoms with Gasteiger partial charge in [-0.25, -0.2) is 19.9 Å². The number of hydrogen-bond acceptors (Lipinski definition) is 5. The lowest BCUT2D eigenvalue weighted by molar-refractivity contribution is -0.137. The molecule has 0 aliphatic heterocycles. The van der Waals surface area contributed by atoms with E-state index in [0.717, 1.165) is 49.7 Å². The smallest absolute Gasteiger partial charge is 0.308 e. The van der Waals surface area contributed by atoms with Crippen molar-refractivity contribution < 1.29 is 13.2 Å². The summed E-state index contributed by atoms with van der Waals surface area (Å²) < 4.78 is 49.1. The van der Waals surface area contributed by atoms with E-state index in [1.54, 1.807) is 62.0 Å². The average molecular weight is 748 g/mol. The minimum absolute atomic E-state index is 0.00210. The van der Waals surface area contributed by atoms with Gasteiger partial charge in [-0.05, 0) is 66.6 Å². The van der Waals surface area contributed by atoms with Crippen molar-refractivity contribution in [1.29, 1.82) is 5.26 Å². The van der Waals surface area contributed by atoms with Crippen LogP contribution in [0, 0.1) is 18.3 Å². The number of nitriles is 1. The summed E-state index contributed by atoms with van der Waals surface area (Å²) in [5.74, 6) is 1.03. The molecule has 10 aromatic rings. The summed E-state index contributed by atoms with van der Waals surface area (Å²) in [5.41, 5.74) is 5.43. The maximum Gasteiger partial charge on any atom is 0.417 e. The van der Waals surface area contributed by atoms with Crippen LogP contribution in [0.3, 0.4) is 0 Å². The predicted molar refractivity (Wildman–Crippen MR) is 217 cm³/mol. The number of para-hydroxylation sites is 2. The molecule has 4 aromatic heterocycles. The first kappa shape index (κ1) is 33.9. The third-order valence-electron chi connectivity index (χ3n) is 10.6. The number of aryl methyl sites for hydroxylation is 1. The molecule has 0 spiro atoms. The third kappa shape index (κ3) is 5.35. The number of fused-ring (bicyclic) bond motifs is 6. The quantitative estimate of drug-likeness (QED) is 0.175. The van der Waals surface area contributed by atoms with Crippen molar-refractivity contribution in [3.8, 4) is 51.3 Å². The van der Waals surface area contributed by atoms with E-state index in [1.807, 2.05) is 94.1 Å². The summed E-state index contributed by atoms with van der Waals surface area (Å²) >= 11 is 0. The highest BCUT2D eigenvalue weighted by Gasteiger charge is 2.36. The normalized spacial score (nSPS) is 11.8. The van der Waals surface area contributed by atoms with Crippen molar-refractivity contribution in [2.24, 2.45) is 0 Å². The number of nitrogens with zero attached hydrogens (tertiary/aromatic N) is 7. The van der Waals surface area contributed by atoms with Crippen LogP contribution in [-0.4, -0.2) is 29.1 Å². The number of benzene rings is 6. The SMILES string of the molecule is Cc1cccc(C(F)(F)F)c1-c1ccc(-n2c3ccccc3c3ccc(-c4ncccn4)cc32)c(C#N)c1-n1c2ccccc2c2ccc(-c3ncccn3)cc21. The molecule has 0 saturated heterocycles. The predicted octanol–water partition coefficient (Wildman–Crippen LogP) is 11.7. The van der Waals surface area contributed by atoms with Gasteiger partial charge in [0, 0.05) is 63.0 Å². The van der Waals surface area contributed by atoms with Gasteiger partial charge in [0.05, 0.1) is 39.0 Å². The van der Waals surface area contributed by atoms with Crippen LogP contribution < -0.4 is 0 Å². The van der Waals surface area contributed by atoms with Crippen LogP contribution in [0.1, 0.15) is 16.7 Å². The first-order valence-electron chi connectivity index (χ1n) is 18.2. The Morgan fingerprint density at radius 2 is 1.07 bits per heavy atom. The van der Waals surface area contributed by atoms with Gasteiger partial charge in [-0.3, -0.25) is 0 Å². The summed E-state index contributed by atoms with van der Waals surface area (Å²) in [4.78, 5) is 17.9. The van der Waals surface area contributed by atoms with E-state index in [4.69, 9.17) is 0 Å². The van der Waals surface area contributed by atoms with E-state index >= 15 is 13.2 Å². The van der Waals surface area contributed by atoms with Crippen LogP contribution in [0.4, 0.5) is 13.2 Å². The molecule has 272 valence electrons. The Labute approximate surface area is 323 Å². The summed E-state index contributed by atoms with van der Waals surface area (Å²) in [6.45, 7) is 1.67. The summed E-state index contributed by atoms with van der Waals surface area (Å²) in [5, 5.41) is 15.1. The molecule has 57 heavy (non-hydrogen) atoms. The van der Waals surface area contributed by atoms with Gasteiger partial charge in [0.25, 0.3) is 0 Å². The lowest BCUT2D eigenvalue weighted by atomic mass is 9.91. The van der Waals surface area contributed by atoms with Gasteiger partial charge in [-0.15, -0.1) is 0 Å². The molecule has 10 heteroatoms. The highest BCUT2D eigenvalue weighted by Crippen LogP contribution is 2.46. The maximum absolute atomic E-state index is 15.0. The number of alkyl halides is 3. The first-order valence-corrected chi connectivity index (χ1v) is 18.2. The lowest BCUT2D eigenvalue weighted by Gasteiger charge is -2.23. The standard InChI is InChI=1S/C47H28F3N7/c1-28-9-6-12-37(47(48,49)50)43(28)35-19-20-40(56-38-13-4-2-10-31(38)33-17-15-29(25-41(33)56)45-52-21-7-22-53-45)36(27-51)44(35)57-39-14-5-3-11-32(39)34-18-16-30(26-42(34)57)46-54-23-8-24-55-46/h2-26H,1H3. The molecular weight excluding hydrogens is 720 g/mol. The molecule has 0 atom stereocenters. The number of rotatable bonds is 5. The molecule has 7 nitrogen and oxygen atoms in total. The molecule has 0 radical (unpaired) electrons. The zero-order valence-corrected chi connectivity index (χ0v) is 30.2. The van der Waals surface area contributed by atoms with E-state index in [-0.39, 0.29) is 16.7 Å². The average Bonchev–Trinajstić information content (AvgIpc) is 3.75. The third-order valence-corrected chi connectivity index (χ3v) is 10.6. The van der Waals surface area contributed by atoms with Gasteiger partial charge >= 0.3 is 6.18 Å². The van der Waals surface area contributed by atoms with Crippen LogP contribution in [-0.2, 0) is 6.18 Å². The molecule has 0 saturated carbocycles. The van der Waals surface area contributed by atoms with E-state index in [9.17, 15) is 5.26 Å². The summed E-state index contributed by atoms with van der Waals surface area (Å²) in [6.07, 6.45) is 2.02. The Morgan fingerprint density at radius 3 is 1.63 bits per heavy atom. The zero-order chi connectivity index (χ0) is 38.8. The highest BCUT2D eigenvalue weighted by molar-refractivity contribution is 6.12. The molecule has 6 aromatic carbocycles. The van der Waals surface area contributed by atoms with Gasteiger partial charge in [0.2, 0.25) is 0 Å². The second-order valence-corrected chi connectivity index (χ2v) is 13.8. The van der Waals surface area contributed by atoms with Crippen molar-refractivity contribution in [1.82, 2.24) is 29.1 Å². The molecule has 0 amide bonds. The monoisotopic (exact) mass is 747 g/mol. The Kier molecular flexibility index (Phi) is 7.73. The minimum Gasteiger partial charge on any atom is -0.308 e. The van der Waals surface area contributed by atoms with Crippen molar-refractivity contribution in [2.45, 2.75) is 13.1 Å². The molecule has 0 bridgehead atoms. The molecule has 10 rings (SSSR count). The maximum atomic E-state index is 15.0. The Morgan fingerprint density at radius 1 is 0.544 bits per heavy atom. The topological polar surface area (TPSA) is 85.2 Å². The molecule has 0 aliphatic rings. The van der Waals surface area contributed by atoms with Crippen LogP contribution >= 0.6 is 0 Å². The van der Waals surface area contributed by atoms with Gasteiger partial charge < -0.3 is 9.13 Å². The van der Waals surface area contributed by atoms with Crippen LogP contribution in [0.2, 0.25) is 0 Å². The molecular formula is C47H28F3N7. The van der Waals surface area contributed by atoms with E-state index in [1.165, 1.54) is 6.07 Å². The molecule has 0 N–H and O–H groups in total. The zero-order valence-electron chi connectivity index (χ0n) is 30.2.